The van der Waals surface area contributed by atoms with Crippen molar-refractivity contribution in [2.45, 2.75) is 110 Å². The van der Waals surface area contributed by atoms with Gasteiger partial charge in [-0.2, -0.15) is 0 Å². The van der Waals surface area contributed by atoms with Gasteiger partial charge < -0.3 is 34.3 Å². The first-order valence-corrected chi connectivity index (χ1v) is 23.9. The van der Waals surface area contributed by atoms with Crippen molar-refractivity contribution in [1.82, 2.24) is 30.1 Å². The Morgan fingerprint density at radius 2 is 1.79 bits per heavy atom. The number of ether oxygens (including phenoxy) is 2. The number of carbonyl (C=O) groups excluding carboxylic acids is 5. The Labute approximate surface area is 398 Å². The zero-order chi connectivity index (χ0) is 49.1. The van der Waals surface area contributed by atoms with Crippen molar-refractivity contribution in [3.63, 3.8) is 0 Å². The van der Waals surface area contributed by atoms with Gasteiger partial charge >= 0.3 is 5.97 Å². The molecule has 3 aliphatic rings. The molecule has 68 heavy (non-hydrogen) atoms. The summed E-state index contributed by atoms with van der Waals surface area (Å²) in [5.41, 5.74) is 7.75. The van der Waals surface area contributed by atoms with Crippen LogP contribution in [0.15, 0.2) is 73.3 Å². The minimum Gasteiger partial charge on any atom is -0.508 e. The van der Waals surface area contributed by atoms with Gasteiger partial charge in [0.25, 0.3) is 11.8 Å². The van der Waals surface area contributed by atoms with Gasteiger partial charge in [-0.3, -0.25) is 29.0 Å². The van der Waals surface area contributed by atoms with Crippen molar-refractivity contribution in [2.75, 3.05) is 47.0 Å². The number of likely N-dealkylation sites (N-methyl/N-ethyl adjacent to an activating group) is 1. The number of likely N-dealkylation sites (tertiary alicyclic amines) is 1. The van der Waals surface area contributed by atoms with Crippen molar-refractivity contribution < 1.29 is 42.9 Å². The molecule has 3 aromatic carbocycles. The number of carbonyl (C=O) groups is 5. The van der Waals surface area contributed by atoms with Crippen LogP contribution in [0.25, 0.3) is 33.3 Å². The predicted molar refractivity (Wildman–Crippen MR) is 259 cm³/mol. The molecule has 3 aliphatic heterocycles. The molecule has 0 spiro atoms. The zero-order valence-electron chi connectivity index (χ0n) is 40.5. The summed E-state index contributed by atoms with van der Waals surface area (Å²) in [4.78, 5) is 71.9. The molecular formula is C53H67FN6O8. The van der Waals surface area contributed by atoms with Crippen LogP contribution in [0.3, 0.4) is 0 Å². The lowest BCUT2D eigenvalue weighted by molar-refractivity contribution is -0.156. The normalized spacial score (nSPS) is 20.1. The van der Waals surface area contributed by atoms with Gasteiger partial charge in [0.05, 0.1) is 18.9 Å². The molecule has 4 amide bonds. The zero-order valence-corrected chi connectivity index (χ0v) is 40.5. The van der Waals surface area contributed by atoms with E-state index < -0.39 is 58.8 Å². The number of alkyl halides is 1. The Morgan fingerprint density at radius 3 is 2.49 bits per heavy atom. The fourth-order valence-electron chi connectivity index (χ4n) is 10.2. The van der Waals surface area contributed by atoms with Gasteiger partial charge in [-0.1, -0.05) is 70.7 Å². The monoisotopic (exact) mass is 935 g/mol. The van der Waals surface area contributed by atoms with Crippen LogP contribution in [-0.2, 0) is 59.3 Å². The number of esters is 1. The summed E-state index contributed by atoms with van der Waals surface area (Å²) in [5.74, 6) is -3.49. The second-order valence-corrected chi connectivity index (χ2v) is 19.7. The number of aromatic hydroxyl groups is 1. The number of hydrazine groups is 1. The van der Waals surface area contributed by atoms with Gasteiger partial charge in [0.1, 0.15) is 23.9 Å². The third kappa shape index (κ3) is 10.5. The van der Waals surface area contributed by atoms with E-state index in [4.69, 9.17) is 9.47 Å². The van der Waals surface area contributed by atoms with Crippen LogP contribution in [0, 0.1) is 11.3 Å². The van der Waals surface area contributed by atoms with Crippen molar-refractivity contribution in [3.8, 4) is 28.1 Å². The van der Waals surface area contributed by atoms with E-state index in [2.05, 4.69) is 66.9 Å². The minimum absolute atomic E-state index is 0.0163. The number of phenolic OH excluding ortho intramolecular Hbond substituents is 1. The van der Waals surface area contributed by atoms with E-state index >= 15 is 4.39 Å². The Kier molecular flexibility index (Phi) is 15.1. The maximum atomic E-state index is 16.4. The molecule has 3 N–H and O–H groups in total. The molecule has 7 rings (SSSR count). The minimum atomic E-state index is -2.32. The average Bonchev–Trinajstić information content (AvgIpc) is 3.62. The number of amides is 4. The number of fused-ring (bicyclic) bond motifs is 6. The second kappa shape index (κ2) is 20.7. The number of aryl methyl sites for hydroxylation is 1. The SMILES string of the molecule is C=CC(=O)N1CCC(F)(C(=O)N(C)C(C(=O)N[C@H]2Cc3cc(O)cc(c3)-c3ccc4c(c3)c(c(-c3ccccc3CCOC)n4CC)CC(C)(C)COC(=O)[C@@H]3CCCN(N3)C2=O)C(C)C)CC1. The van der Waals surface area contributed by atoms with Crippen LogP contribution < -0.4 is 10.7 Å². The summed E-state index contributed by atoms with van der Waals surface area (Å²) in [6.07, 6.45) is 2.77. The summed E-state index contributed by atoms with van der Waals surface area (Å²) in [6.45, 7) is 14.9. The lowest BCUT2D eigenvalue weighted by atomic mass is 9.83. The van der Waals surface area contributed by atoms with Crippen molar-refractivity contribution in [1.29, 1.82) is 0 Å². The predicted octanol–water partition coefficient (Wildman–Crippen LogP) is 6.54. The van der Waals surface area contributed by atoms with E-state index in [9.17, 15) is 29.1 Å². The summed E-state index contributed by atoms with van der Waals surface area (Å²) in [6, 6.07) is 16.5. The molecule has 3 atom stereocenters. The first-order chi connectivity index (χ1) is 32.4. The summed E-state index contributed by atoms with van der Waals surface area (Å²) in [7, 11) is 3.08. The van der Waals surface area contributed by atoms with Gasteiger partial charge in [-0.25, -0.2) is 9.82 Å². The highest BCUT2D eigenvalue weighted by atomic mass is 19.1. The third-order valence-corrected chi connectivity index (χ3v) is 13.8. The number of phenols is 1. The lowest BCUT2D eigenvalue weighted by Gasteiger charge is -2.40. The highest BCUT2D eigenvalue weighted by molar-refractivity contribution is 5.97. The van der Waals surface area contributed by atoms with Gasteiger partial charge in [0.2, 0.25) is 11.8 Å². The fourth-order valence-corrected chi connectivity index (χ4v) is 10.2. The summed E-state index contributed by atoms with van der Waals surface area (Å²) in [5, 5.41) is 16.6. The first-order valence-electron chi connectivity index (χ1n) is 23.9. The number of methoxy groups -OCH3 is 1. The molecule has 6 bridgehead atoms. The van der Waals surface area contributed by atoms with Crippen LogP contribution in [0.2, 0.25) is 0 Å². The van der Waals surface area contributed by atoms with Crippen molar-refractivity contribution in [2.24, 2.45) is 11.3 Å². The summed E-state index contributed by atoms with van der Waals surface area (Å²) >= 11 is 0. The molecule has 364 valence electrons. The van der Waals surface area contributed by atoms with Gasteiger partial charge in [-0.15, -0.1) is 0 Å². The van der Waals surface area contributed by atoms with E-state index in [1.807, 2.05) is 24.3 Å². The number of piperidine rings is 1. The highest BCUT2D eigenvalue weighted by Gasteiger charge is 2.47. The van der Waals surface area contributed by atoms with Gasteiger partial charge in [0, 0.05) is 81.5 Å². The molecule has 4 aromatic rings. The Hall–Kier alpha value is -6.06. The highest BCUT2D eigenvalue weighted by Crippen LogP contribution is 2.42. The first kappa shape index (κ1) is 49.8. The molecule has 0 saturated carbocycles. The largest absolute Gasteiger partial charge is 0.508 e. The van der Waals surface area contributed by atoms with Crippen LogP contribution in [0.1, 0.15) is 77.0 Å². The number of rotatable bonds is 11. The molecule has 0 radical (unpaired) electrons. The molecule has 2 fully saturated rings. The molecule has 2 saturated heterocycles. The number of hydrogen-bond donors (Lipinski definition) is 3. The number of cyclic esters (lactones) is 1. The number of aromatic nitrogens is 1. The third-order valence-electron chi connectivity index (χ3n) is 13.8. The molecular weight excluding hydrogens is 868 g/mol. The number of halogens is 1. The lowest BCUT2D eigenvalue weighted by Crippen LogP contribution is -2.63. The van der Waals surface area contributed by atoms with E-state index in [0.717, 1.165) is 56.2 Å². The molecule has 4 heterocycles. The number of hydrogen-bond acceptors (Lipinski definition) is 9. The van der Waals surface area contributed by atoms with E-state index in [-0.39, 0.29) is 57.2 Å². The van der Waals surface area contributed by atoms with Crippen LogP contribution in [0.4, 0.5) is 4.39 Å². The van der Waals surface area contributed by atoms with Crippen LogP contribution in [-0.4, -0.2) is 125 Å². The molecule has 14 nitrogen and oxygen atoms in total. The smallest absolute Gasteiger partial charge is 0.324 e. The maximum Gasteiger partial charge on any atom is 0.324 e. The molecule has 1 unspecified atom stereocenters. The quantitative estimate of drug-likeness (QED) is 0.112. The number of benzene rings is 3. The summed E-state index contributed by atoms with van der Waals surface area (Å²) < 4.78 is 30.4. The Morgan fingerprint density at radius 1 is 1.06 bits per heavy atom. The topological polar surface area (TPSA) is 163 Å². The van der Waals surface area contributed by atoms with E-state index in [1.165, 1.54) is 17.0 Å². The second-order valence-electron chi connectivity index (χ2n) is 19.7. The average molecular weight is 935 g/mol. The van der Waals surface area contributed by atoms with Crippen LogP contribution >= 0.6 is 0 Å². The molecule has 15 heteroatoms. The van der Waals surface area contributed by atoms with Gasteiger partial charge in [0.15, 0.2) is 5.67 Å². The van der Waals surface area contributed by atoms with Gasteiger partial charge in [-0.05, 0) is 96.7 Å². The van der Waals surface area contributed by atoms with E-state index in [0.29, 0.717) is 43.5 Å². The molecule has 1 aromatic heterocycles. The van der Waals surface area contributed by atoms with Crippen LogP contribution in [0.5, 0.6) is 5.75 Å². The van der Waals surface area contributed by atoms with Crippen molar-refractivity contribution in [3.05, 3.63) is 90.0 Å². The standard InChI is InChI=1S/C53H67FN6O8/c1-9-45(62)58-23-20-53(54,21-24-58)51(66)57(7)46(33(3)4)48(63)55-43-28-34-26-37(29-38(61)27-34)36-17-18-44-40(30-36)41(47(59(44)10-2)39-15-12-11-14-35(39)19-25-67-8)31-52(5,6)32-68-50(65)42-16-13-22-60(56-42)49(43)64/h9,11-12,14-15,17-18,26-27,29-30,33,42-43,46,56,61H,1,10,13,16,19-25,28,31-32H2,2-8H3,(H,55,63)/t42-,43-,46?/m0/s1. The van der Waals surface area contributed by atoms with Crippen molar-refractivity contribution >= 4 is 40.5 Å². The molecule has 0 aliphatic carbocycles. The Balaban J connectivity index is 1.29. The fraction of sp³-hybridized carbons (Fsp3) is 0.491. The maximum absolute atomic E-state index is 16.4. The number of nitrogens with zero attached hydrogens (tertiary/aromatic N) is 4. The van der Waals surface area contributed by atoms with E-state index in [1.54, 1.807) is 33.1 Å². The Bertz CT molecular complexity index is 2560. The number of nitrogens with one attached hydrogen (secondary N) is 2.